The molecule has 3 atom stereocenters. The number of nitrogens with one attached hydrogen (secondary N) is 4. The molecule has 85 heavy (non-hydrogen) atoms. The summed E-state index contributed by atoms with van der Waals surface area (Å²) in [5, 5.41) is 35.9. The molecule has 1 fully saturated rings. The van der Waals surface area contributed by atoms with Crippen molar-refractivity contribution in [3.63, 3.8) is 0 Å². The lowest BCUT2D eigenvalue weighted by atomic mass is 9.83. The Balaban J connectivity index is 0.979. The Kier molecular flexibility index (Phi) is 24.3. The number of primary amides is 1. The number of nitrogens with two attached hydrogens (primary N) is 1. The molecular weight excluding hydrogens is 1100 g/mol. The standard InChI is InChI=1S/C65H92N6O13S/c1-60(2,34-81-36-62(5,6)32-67-40-85)30-54(75)69-33-63(7,8)37-82-38-64(9,10)53(74)26-41-16-18-43(25-41)68-24-14-13-15-50(57(66)77)70-55(76)31-61(3,4)35-83-39-65(11,12)71-58(78)42-17-21-46(49(27-42)59(79)80)56-47-22-19-44(72)28-51(47)84-52-29-45(73)20-23-48(52)56/h17,19-23,27-29,41,43,50,68,72H,13-16,18,24-26,30-39H2,1-12H3,(H2,66,77)(H,69,75)(H,70,76)(H,71,78)(H,79,80). The number of thiocarbonyl (C=S) groups is 1. The SMILES string of the molecule is CC(C)(CN=C=S)COCC(C)(C)CC(=O)NCC(C)(C)COCC(C)(C)C(=O)CC1CCC(NCCCCC(NC(=O)CC(C)(C)COCC(C)(C)NC(=O)c2ccc(-c3c4ccc(=O)cc-4oc4cc(O)ccc34)c(C(=O)O)c2)C(N)=O)C1. The number of carbonyl (C=O) groups excluding carboxylic acids is 5. The van der Waals surface area contributed by atoms with E-state index in [2.05, 4.69) is 43.6 Å². The molecule has 0 aromatic heterocycles. The van der Waals surface area contributed by atoms with Crippen molar-refractivity contribution in [2.24, 2.45) is 43.7 Å². The van der Waals surface area contributed by atoms with Crippen LogP contribution in [0, 0.1) is 33.0 Å². The van der Waals surface area contributed by atoms with Crippen LogP contribution in [0.3, 0.4) is 0 Å². The Morgan fingerprint density at radius 2 is 1.40 bits per heavy atom. The normalized spacial score (nSPS) is 15.5. The molecule has 20 heteroatoms. The van der Waals surface area contributed by atoms with Gasteiger partial charge in [0.25, 0.3) is 5.91 Å². The molecule has 4 amide bonds. The smallest absolute Gasteiger partial charge is 0.336 e. The molecule has 19 nitrogen and oxygen atoms in total. The molecule has 1 aliphatic heterocycles. The van der Waals surface area contributed by atoms with Crippen LogP contribution in [-0.4, -0.2) is 128 Å². The summed E-state index contributed by atoms with van der Waals surface area (Å²) in [5.41, 5.74) is 3.63. The summed E-state index contributed by atoms with van der Waals surface area (Å²) in [6.45, 7) is 26.7. The fourth-order valence-corrected chi connectivity index (χ4v) is 10.6. The number of aliphatic imine (C=N–C) groups is 1. The third-order valence-corrected chi connectivity index (χ3v) is 15.4. The predicted molar refractivity (Wildman–Crippen MR) is 332 cm³/mol. The van der Waals surface area contributed by atoms with Crippen molar-refractivity contribution in [1.29, 1.82) is 0 Å². The van der Waals surface area contributed by atoms with Crippen LogP contribution in [0.5, 0.6) is 5.75 Å². The van der Waals surface area contributed by atoms with E-state index in [1.54, 1.807) is 26.0 Å². The maximum absolute atomic E-state index is 13.7. The Morgan fingerprint density at radius 3 is 2.07 bits per heavy atom. The number of hydrogen-bond donors (Lipinski definition) is 7. The van der Waals surface area contributed by atoms with Gasteiger partial charge in [-0.15, -0.1) is 0 Å². The van der Waals surface area contributed by atoms with Gasteiger partial charge in [0.15, 0.2) is 5.43 Å². The van der Waals surface area contributed by atoms with Crippen LogP contribution in [0.4, 0.5) is 0 Å². The molecule has 5 rings (SSSR count). The van der Waals surface area contributed by atoms with Crippen molar-refractivity contribution in [3.05, 3.63) is 75.9 Å². The van der Waals surface area contributed by atoms with Crippen LogP contribution >= 0.6 is 12.2 Å². The molecule has 3 unspecified atom stereocenters. The predicted octanol–water partition coefficient (Wildman–Crippen LogP) is 9.51. The first-order chi connectivity index (χ1) is 39.6. The van der Waals surface area contributed by atoms with Gasteiger partial charge in [0.1, 0.15) is 28.9 Å². The fraction of sp³-hybridized carbons (Fsp3) is 0.600. The average molecular weight is 1200 g/mol. The van der Waals surface area contributed by atoms with E-state index in [4.69, 9.17) is 24.4 Å². The zero-order valence-electron chi connectivity index (χ0n) is 52.0. The molecule has 3 aliphatic rings. The average Bonchev–Trinajstić information content (AvgIpc) is 1.61. The highest BCUT2D eigenvalue weighted by Gasteiger charge is 2.35. The first-order valence-electron chi connectivity index (χ1n) is 29.4. The minimum absolute atomic E-state index is 0.0352. The van der Waals surface area contributed by atoms with E-state index in [-0.39, 0.29) is 111 Å². The minimum atomic E-state index is -1.29. The van der Waals surface area contributed by atoms with E-state index in [1.165, 1.54) is 42.5 Å². The largest absolute Gasteiger partial charge is 0.508 e. The van der Waals surface area contributed by atoms with E-state index >= 15 is 0 Å². The van der Waals surface area contributed by atoms with Gasteiger partial charge in [0.2, 0.25) is 17.7 Å². The number of rotatable bonds is 35. The number of isothiocyanates is 1. The summed E-state index contributed by atoms with van der Waals surface area (Å²) in [6, 6.07) is 12.4. The fourth-order valence-electron chi connectivity index (χ4n) is 10.5. The minimum Gasteiger partial charge on any atom is -0.508 e. The Morgan fingerprint density at radius 1 is 0.765 bits per heavy atom. The highest BCUT2D eigenvalue weighted by atomic mass is 32.1. The molecule has 8 N–H and O–H groups in total. The number of amides is 4. The van der Waals surface area contributed by atoms with Crippen molar-refractivity contribution < 1.29 is 57.6 Å². The second-order valence-electron chi connectivity index (χ2n) is 27.8. The topological polar surface area (TPSA) is 287 Å². The van der Waals surface area contributed by atoms with E-state index in [9.17, 15) is 43.8 Å². The molecule has 0 radical (unpaired) electrons. The third kappa shape index (κ3) is 22.1. The van der Waals surface area contributed by atoms with E-state index in [0.29, 0.717) is 81.7 Å². The molecule has 1 heterocycles. The van der Waals surface area contributed by atoms with Gasteiger partial charge in [0, 0.05) is 82.3 Å². The number of phenols is 1. The maximum Gasteiger partial charge on any atom is 0.336 e. The number of hydrogen-bond acceptors (Lipinski definition) is 15. The number of phenolic OH excluding ortho intramolecular Hbond substituents is 1. The van der Waals surface area contributed by atoms with E-state index in [1.807, 2.05) is 69.2 Å². The number of benzene rings is 3. The van der Waals surface area contributed by atoms with Crippen molar-refractivity contribution in [3.8, 4) is 28.2 Å². The van der Waals surface area contributed by atoms with E-state index in [0.717, 1.165) is 25.7 Å². The summed E-state index contributed by atoms with van der Waals surface area (Å²) in [5.74, 6) is -2.31. The van der Waals surface area contributed by atoms with E-state index < -0.39 is 40.2 Å². The number of aromatic hydroxyl groups is 1. The zero-order valence-corrected chi connectivity index (χ0v) is 52.8. The number of carboxylic acids is 1. The van der Waals surface area contributed by atoms with Crippen molar-refractivity contribution in [2.45, 2.75) is 158 Å². The first kappa shape index (κ1) is 69.4. The van der Waals surface area contributed by atoms with Crippen LogP contribution in [0.2, 0.25) is 0 Å². The summed E-state index contributed by atoms with van der Waals surface area (Å²) >= 11 is 4.68. The maximum atomic E-state index is 13.7. The summed E-state index contributed by atoms with van der Waals surface area (Å²) < 4.78 is 24.1. The number of carbonyl (C=O) groups is 6. The molecule has 2 aliphatic carbocycles. The monoisotopic (exact) mass is 1200 g/mol. The lowest BCUT2D eigenvalue weighted by Crippen LogP contribution is -2.48. The highest BCUT2D eigenvalue weighted by molar-refractivity contribution is 7.78. The number of aromatic carboxylic acids is 1. The lowest BCUT2D eigenvalue weighted by Gasteiger charge is -2.30. The number of fused-ring (bicyclic) bond motifs is 2. The van der Waals surface area contributed by atoms with Crippen molar-refractivity contribution in [2.75, 3.05) is 59.3 Å². The van der Waals surface area contributed by atoms with Crippen LogP contribution in [0.15, 0.2) is 68.8 Å². The quantitative estimate of drug-likeness (QED) is 0.00977. The van der Waals surface area contributed by atoms with Crippen molar-refractivity contribution in [1.82, 2.24) is 21.3 Å². The summed E-state index contributed by atoms with van der Waals surface area (Å²) in [6.07, 6.45) is 5.41. The molecule has 1 saturated carbocycles. The number of Topliss-reactive ketones (excluding diaryl/α,β-unsaturated/α-hetero) is 1. The number of ketones is 1. The van der Waals surface area contributed by atoms with Gasteiger partial charge < -0.3 is 55.8 Å². The van der Waals surface area contributed by atoms with Crippen molar-refractivity contribution >= 4 is 63.7 Å². The van der Waals surface area contributed by atoms with Gasteiger partial charge in [-0.2, -0.15) is 0 Å². The number of nitrogens with zero attached hydrogens (tertiary/aromatic N) is 1. The second-order valence-corrected chi connectivity index (χ2v) is 27.9. The number of unbranched alkanes of at least 4 members (excludes halogenated alkanes) is 1. The van der Waals surface area contributed by atoms with Gasteiger partial charge in [-0.05, 0) is 130 Å². The Hall–Kier alpha value is -6.41. The molecule has 466 valence electrons. The Bertz CT molecular complexity index is 3090. The molecule has 2 aromatic rings. The third-order valence-electron chi connectivity index (χ3n) is 15.2. The molecule has 0 saturated heterocycles. The van der Waals surface area contributed by atoms with Gasteiger partial charge in [-0.1, -0.05) is 75.3 Å². The Labute approximate surface area is 506 Å². The molecule has 2 aromatic carbocycles. The molecular formula is C65H92N6O13S. The molecule has 0 bridgehead atoms. The lowest BCUT2D eigenvalue weighted by molar-refractivity contribution is -0.132. The first-order valence-corrected chi connectivity index (χ1v) is 29.8. The number of carboxylic acid groups (broad SMARTS) is 1. The van der Waals surface area contributed by atoms with Crippen LogP contribution in [0.1, 0.15) is 162 Å². The van der Waals surface area contributed by atoms with Gasteiger partial charge >= 0.3 is 5.97 Å². The van der Waals surface area contributed by atoms with Gasteiger partial charge in [-0.3, -0.25) is 28.8 Å². The summed E-state index contributed by atoms with van der Waals surface area (Å²) in [4.78, 5) is 94.9. The second kappa shape index (κ2) is 29.8. The van der Waals surface area contributed by atoms with Crippen LogP contribution < -0.4 is 32.4 Å². The van der Waals surface area contributed by atoms with Gasteiger partial charge in [0.05, 0.1) is 62.4 Å². The highest BCUT2D eigenvalue weighted by Crippen LogP contribution is 2.42. The number of ether oxygens (including phenoxy) is 3. The van der Waals surface area contributed by atoms with Crippen LogP contribution in [-0.2, 0) is 33.4 Å². The zero-order chi connectivity index (χ0) is 63.1. The molecule has 0 spiro atoms. The summed E-state index contributed by atoms with van der Waals surface area (Å²) in [7, 11) is 0. The van der Waals surface area contributed by atoms with Gasteiger partial charge in [-0.25, -0.2) is 9.79 Å². The van der Waals surface area contributed by atoms with Crippen LogP contribution in [0.25, 0.3) is 33.4 Å².